The Bertz CT molecular complexity index is 770. The molecule has 0 unspecified atom stereocenters. The van der Waals surface area contributed by atoms with Gasteiger partial charge in [-0.1, -0.05) is 48.5 Å². The quantitative estimate of drug-likeness (QED) is 0.601. The summed E-state index contributed by atoms with van der Waals surface area (Å²) in [6.45, 7) is -0.184. The lowest BCUT2D eigenvalue weighted by Gasteiger charge is -2.08. The van der Waals surface area contributed by atoms with Gasteiger partial charge < -0.3 is 10.1 Å². The van der Waals surface area contributed by atoms with Gasteiger partial charge in [-0.3, -0.25) is 9.59 Å². The molecule has 2 N–H and O–H groups in total. The maximum Gasteiger partial charge on any atom is 0.259 e. The molecule has 0 atom stereocenters. The number of amides is 2. The second kappa shape index (κ2) is 9.67. The molecule has 2 aromatic carbocycles. The molecule has 0 aliphatic rings. The molecule has 0 bridgehead atoms. The summed E-state index contributed by atoms with van der Waals surface area (Å²) in [4.78, 5) is 23.7. The van der Waals surface area contributed by atoms with Gasteiger partial charge in [-0.25, -0.2) is 5.43 Å². The van der Waals surface area contributed by atoms with Crippen molar-refractivity contribution in [1.29, 1.82) is 0 Å². The first-order chi connectivity index (χ1) is 12.2. The van der Waals surface area contributed by atoms with Crippen LogP contribution in [0.25, 0.3) is 6.08 Å². The van der Waals surface area contributed by atoms with Gasteiger partial charge in [-0.15, -0.1) is 0 Å². The van der Waals surface area contributed by atoms with E-state index in [0.717, 1.165) is 5.56 Å². The molecule has 128 valence electrons. The van der Waals surface area contributed by atoms with Crippen LogP contribution < -0.4 is 15.5 Å². The van der Waals surface area contributed by atoms with E-state index in [9.17, 15) is 9.59 Å². The van der Waals surface area contributed by atoms with E-state index in [4.69, 9.17) is 4.74 Å². The van der Waals surface area contributed by atoms with E-state index in [0.29, 0.717) is 11.3 Å². The molecule has 2 rings (SSSR count). The lowest BCUT2D eigenvalue weighted by atomic mass is 10.2. The first kappa shape index (κ1) is 17.9. The van der Waals surface area contributed by atoms with Crippen molar-refractivity contribution >= 4 is 24.1 Å². The molecule has 0 saturated heterocycles. The van der Waals surface area contributed by atoms with E-state index in [1.165, 1.54) is 13.3 Å². The van der Waals surface area contributed by atoms with E-state index >= 15 is 0 Å². The minimum atomic E-state index is -0.424. The van der Waals surface area contributed by atoms with E-state index < -0.39 is 5.91 Å². The summed E-state index contributed by atoms with van der Waals surface area (Å²) in [5.74, 6) is -0.363. The normalized spacial score (nSPS) is 10.8. The Kier molecular flexibility index (Phi) is 6.94. The maximum absolute atomic E-state index is 12.0. The van der Waals surface area contributed by atoms with Gasteiger partial charge in [0.15, 0.2) is 0 Å². The molecule has 0 aliphatic carbocycles. The molecule has 0 fully saturated rings. The summed E-state index contributed by atoms with van der Waals surface area (Å²) in [7, 11) is 1.48. The zero-order chi connectivity index (χ0) is 17.9. The van der Waals surface area contributed by atoms with Crippen molar-refractivity contribution in [2.45, 2.75) is 0 Å². The van der Waals surface area contributed by atoms with Crippen LogP contribution in [-0.4, -0.2) is 31.7 Å². The molecule has 0 heterocycles. The van der Waals surface area contributed by atoms with Crippen LogP contribution in [0.4, 0.5) is 0 Å². The van der Waals surface area contributed by atoms with Crippen LogP contribution in [0, 0.1) is 0 Å². The summed E-state index contributed by atoms with van der Waals surface area (Å²) in [6.07, 6.45) is 5.04. The second-order valence-electron chi connectivity index (χ2n) is 4.97. The number of ether oxygens (including phenoxy) is 1. The number of hydrogen-bond acceptors (Lipinski definition) is 4. The molecule has 25 heavy (non-hydrogen) atoms. The average Bonchev–Trinajstić information content (AvgIpc) is 2.66. The van der Waals surface area contributed by atoms with Crippen molar-refractivity contribution in [3.63, 3.8) is 0 Å². The summed E-state index contributed by atoms with van der Waals surface area (Å²) in [5, 5.41) is 6.30. The third kappa shape index (κ3) is 5.95. The summed E-state index contributed by atoms with van der Waals surface area (Å²) in [5.41, 5.74) is 3.74. The monoisotopic (exact) mass is 337 g/mol. The molecule has 6 nitrogen and oxygen atoms in total. The highest BCUT2D eigenvalue weighted by molar-refractivity contribution is 5.98. The zero-order valence-electron chi connectivity index (χ0n) is 13.8. The third-order valence-corrected chi connectivity index (χ3v) is 3.20. The molecule has 2 aromatic rings. The van der Waals surface area contributed by atoms with Gasteiger partial charge in [0.2, 0.25) is 0 Å². The van der Waals surface area contributed by atoms with E-state index in [-0.39, 0.29) is 12.5 Å². The number of carbonyl (C=O) groups excluding carboxylic acids is 2. The highest BCUT2D eigenvalue weighted by atomic mass is 16.5. The number of carbonyl (C=O) groups is 2. The average molecular weight is 337 g/mol. The predicted molar refractivity (Wildman–Crippen MR) is 97.4 cm³/mol. The second-order valence-corrected chi connectivity index (χ2v) is 4.97. The van der Waals surface area contributed by atoms with Crippen molar-refractivity contribution in [2.75, 3.05) is 13.7 Å². The number of rotatable bonds is 7. The zero-order valence-corrected chi connectivity index (χ0v) is 13.8. The van der Waals surface area contributed by atoms with Crippen LogP contribution in [0.5, 0.6) is 5.75 Å². The van der Waals surface area contributed by atoms with Crippen molar-refractivity contribution in [3.8, 4) is 5.75 Å². The molecule has 0 aliphatic heterocycles. The fourth-order valence-corrected chi connectivity index (χ4v) is 2.00. The maximum atomic E-state index is 12.0. The van der Waals surface area contributed by atoms with Crippen molar-refractivity contribution in [2.24, 2.45) is 5.10 Å². The minimum absolute atomic E-state index is 0.184. The van der Waals surface area contributed by atoms with Gasteiger partial charge in [0, 0.05) is 6.21 Å². The van der Waals surface area contributed by atoms with Gasteiger partial charge in [-0.2, -0.15) is 5.10 Å². The number of allylic oxidation sites excluding steroid dienone is 1. The smallest absolute Gasteiger partial charge is 0.259 e. The van der Waals surface area contributed by atoms with Crippen molar-refractivity contribution in [3.05, 3.63) is 71.8 Å². The van der Waals surface area contributed by atoms with Crippen molar-refractivity contribution < 1.29 is 14.3 Å². The SMILES string of the molecule is COc1ccccc1C(=O)NCC(=O)N/N=C/C=C/c1ccccc1. The topological polar surface area (TPSA) is 79.8 Å². The number of para-hydroxylation sites is 1. The Morgan fingerprint density at radius 2 is 1.80 bits per heavy atom. The Morgan fingerprint density at radius 1 is 1.08 bits per heavy atom. The van der Waals surface area contributed by atoms with Crippen LogP contribution >= 0.6 is 0 Å². The number of nitrogens with one attached hydrogen (secondary N) is 2. The minimum Gasteiger partial charge on any atom is -0.496 e. The summed E-state index contributed by atoms with van der Waals surface area (Å²) < 4.78 is 5.11. The highest BCUT2D eigenvalue weighted by Crippen LogP contribution is 2.16. The van der Waals surface area contributed by atoms with Crippen LogP contribution in [0.3, 0.4) is 0 Å². The fourth-order valence-electron chi connectivity index (χ4n) is 2.00. The number of nitrogens with zero attached hydrogens (tertiary/aromatic N) is 1. The van der Waals surface area contributed by atoms with Gasteiger partial charge in [0.1, 0.15) is 5.75 Å². The Morgan fingerprint density at radius 3 is 2.56 bits per heavy atom. The molecule has 0 radical (unpaired) electrons. The predicted octanol–water partition coefficient (Wildman–Crippen LogP) is 2.24. The van der Waals surface area contributed by atoms with Crippen LogP contribution in [0.1, 0.15) is 15.9 Å². The molecular weight excluding hydrogens is 318 g/mol. The molecule has 2 amide bonds. The first-order valence-electron chi connectivity index (χ1n) is 7.65. The molecular formula is C19H19N3O3. The van der Waals surface area contributed by atoms with Gasteiger partial charge in [-0.05, 0) is 23.8 Å². The number of hydrogen-bond donors (Lipinski definition) is 2. The third-order valence-electron chi connectivity index (χ3n) is 3.20. The Hall–Kier alpha value is -3.41. The molecule has 6 heteroatoms. The lowest BCUT2D eigenvalue weighted by molar-refractivity contribution is -0.120. The fraction of sp³-hybridized carbons (Fsp3) is 0.105. The van der Waals surface area contributed by atoms with Crippen LogP contribution in [0.15, 0.2) is 65.8 Å². The number of hydrazone groups is 1. The van der Waals surface area contributed by atoms with Gasteiger partial charge >= 0.3 is 0 Å². The largest absolute Gasteiger partial charge is 0.496 e. The van der Waals surface area contributed by atoms with E-state index in [1.807, 2.05) is 36.4 Å². The number of benzene rings is 2. The van der Waals surface area contributed by atoms with Gasteiger partial charge in [0.25, 0.3) is 11.8 Å². The van der Waals surface area contributed by atoms with E-state index in [1.54, 1.807) is 30.3 Å². The Balaban J connectivity index is 1.76. The molecule has 0 saturated carbocycles. The van der Waals surface area contributed by atoms with Gasteiger partial charge in [0.05, 0.1) is 19.2 Å². The Labute approximate surface area is 146 Å². The first-order valence-corrected chi connectivity index (χ1v) is 7.65. The van der Waals surface area contributed by atoms with Crippen LogP contribution in [0.2, 0.25) is 0 Å². The lowest BCUT2D eigenvalue weighted by Crippen LogP contribution is -2.35. The van der Waals surface area contributed by atoms with Crippen LogP contribution in [-0.2, 0) is 4.79 Å². The molecule has 0 spiro atoms. The standard InChI is InChI=1S/C19H19N3O3/c1-25-17-12-6-5-11-16(17)19(24)20-14-18(23)22-21-13-7-10-15-8-3-2-4-9-15/h2-13H,14H2,1H3,(H,20,24)(H,22,23)/b10-7+,21-13+. The summed E-state index contributed by atoms with van der Waals surface area (Å²) >= 11 is 0. The van der Waals surface area contributed by atoms with E-state index in [2.05, 4.69) is 15.8 Å². The summed E-state index contributed by atoms with van der Waals surface area (Å²) in [6, 6.07) is 16.5. The van der Waals surface area contributed by atoms with Crippen molar-refractivity contribution in [1.82, 2.24) is 10.7 Å². The number of methoxy groups -OCH3 is 1. The highest BCUT2D eigenvalue weighted by Gasteiger charge is 2.12. The molecule has 0 aromatic heterocycles.